The first-order valence-corrected chi connectivity index (χ1v) is 4.54. The third-order valence-corrected chi connectivity index (χ3v) is 1.75. The Morgan fingerprint density at radius 2 is 1.79 bits per heavy atom. The number of esters is 1. The highest BCUT2D eigenvalue weighted by atomic mass is 16.5. The maximum Gasteiger partial charge on any atom is 0.306 e. The third kappa shape index (κ3) is 4.64. The molecule has 4 nitrogen and oxygen atoms in total. The number of Topliss-reactive ketones (excluding diaryl/α,β-unsaturated/α-hetero) is 1. The quantitative estimate of drug-likeness (QED) is 0.417. The smallest absolute Gasteiger partial charge is 0.306 e. The Bertz CT molecular complexity index is 249. The van der Waals surface area contributed by atoms with Gasteiger partial charge in [0.05, 0.1) is 12.4 Å². The fraction of sp³-hybridized carbons (Fsp3) is 0.600. The van der Waals surface area contributed by atoms with Crippen LogP contribution in [0.3, 0.4) is 0 Å². The van der Waals surface area contributed by atoms with Crippen LogP contribution in [-0.2, 0) is 14.3 Å². The maximum absolute atomic E-state index is 11.0. The van der Waals surface area contributed by atoms with E-state index in [2.05, 4.69) is 0 Å². The predicted molar refractivity (Wildman–Crippen MR) is 51.9 cm³/mol. The second-order valence-corrected chi connectivity index (χ2v) is 2.93. The second kappa shape index (κ2) is 6.18. The Hall–Kier alpha value is -1.32. The van der Waals surface area contributed by atoms with Crippen molar-refractivity contribution in [2.24, 2.45) is 0 Å². The minimum absolute atomic E-state index is 0.0261. The van der Waals surface area contributed by atoms with Crippen molar-refractivity contribution in [2.75, 3.05) is 6.61 Å². The van der Waals surface area contributed by atoms with E-state index in [0.717, 1.165) is 0 Å². The van der Waals surface area contributed by atoms with Gasteiger partial charge in [-0.1, -0.05) is 0 Å². The largest absolute Gasteiger partial charge is 0.512 e. The van der Waals surface area contributed by atoms with Gasteiger partial charge in [-0.05, 0) is 27.2 Å². The molecule has 14 heavy (non-hydrogen) atoms. The number of carbonyl (C=O) groups is 2. The van der Waals surface area contributed by atoms with Crippen molar-refractivity contribution in [3.8, 4) is 0 Å². The van der Waals surface area contributed by atoms with E-state index in [0.29, 0.717) is 6.61 Å². The lowest BCUT2D eigenvalue weighted by molar-refractivity contribution is -0.143. The van der Waals surface area contributed by atoms with Crippen LogP contribution >= 0.6 is 0 Å². The van der Waals surface area contributed by atoms with Gasteiger partial charge in [0.25, 0.3) is 0 Å². The Morgan fingerprint density at radius 3 is 2.14 bits per heavy atom. The van der Waals surface area contributed by atoms with Gasteiger partial charge < -0.3 is 9.84 Å². The average molecular weight is 200 g/mol. The minimum atomic E-state index is -0.354. The fourth-order valence-corrected chi connectivity index (χ4v) is 1.07. The topological polar surface area (TPSA) is 63.6 Å². The molecule has 0 radical (unpaired) electrons. The van der Waals surface area contributed by atoms with Crippen LogP contribution in [0.2, 0.25) is 0 Å². The van der Waals surface area contributed by atoms with Crippen molar-refractivity contribution in [1.82, 2.24) is 0 Å². The third-order valence-electron chi connectivity index (χ3n) is 1.75. The molecule has 4 heteroatoms. The molecule has 0 bridgehead atoms. The normalized spacial score (nSPS) is 11.9. The van der Waals surface area contributed by atoms with Crippen molar-refractivity contribution in [3.05, 3.63) is 11.3 Å². The molecule has 0 amide bonds. The standard InChI is InChI=1S/C10H16O4/c1-4-14-10(13)6-5-9(7(2)11)8(3)12/h11H,4-6H2,1-3H3/b9-7+. The van der Waals surface area contributed by atoms with Gasteiger partial charge >= 0.3 is 5.97 Å². The lowest BCUT2D eigenvalue weighted by atomic mass is 10.1. The first kappa shape index (κ1) is 12.7. The molecule has 0 fully saturated rings. The van der Waals surface area contributed by atoms with Crippen molar-refractivity contribution in [3.63, 3.8) is 0 Å². The van der Waals surface area contributed by atoms with E-state index in [-0.39, 0.29) is 35.9 Å². The van der Waals surface area contributed by atoms with Crippen LogP contribution in [-0.4, -0.2) is 23.5 Å². The lowest BCUT2D eigenvalue weighted by Gasteiger charge is -2.04. The number of rotatable bonds is 5. The molecule has 80 valence electrons. The summed E-state index contributed by atoms with van der Waals surface area (Å²) in [6.45, 7) is 4.84. The molecule has 0 spiro atoms. The first-order chi connectivity index (χ1) is 6.49. The van der Waals surface area contributed by atoms with E-state index in [1.807, 2.05) is 0 Å². The maximum atomic E-state index is 11.0. The summed E-state index contributed by atoms with van der Waals surface area (Å²) in [6.07, 6.45) is 0.358. The van der Waals surface area contributed by atoms with Gasteiger partial charge in [-0.15, -0.1) is 0 Å². The molecular weight excluding hydrogens is 184 g/mol. The van der Waals surface area contributed by atoms with Crippen LogP contribution in [0.4, 0.5) is 0 Å². The molecule has 0 aliphatic rings. The van der Waals surface area contributed by atoms with Gasteiger partial charge in [-0.25, -0.2) is 0 Å². The predicted octanol–water partition coefficient (Wildman–Crippen LogP) is 1.75. The summed E-state index contributed by atoms with van der Waals surface area (Å²) in [6, 6.07) is 0. The van der Waals surface area contributed by atoms with Crippen LogP contribution in [0, 0.1) is 0 Å². The van der Waals surface area contributed by atoms with E-state index in [1.165, 1.54) is 13.8 Å². The van der Waals surface area contributed by atoms with Crippen LogP contribution in [0.5, 0.6) is 0 Å². The highest BCUT2D eigenvalue weighted by Crippen LogP contribution is 2.11. The monoisotopic (exact) mass is 200 g/mol. The highest BCUT2D eigenvalue weighted by Gasteiger charge is 2.11. The summed E-state index contributed by atoms with van der Waals surface area (Å²) in [4.78, 5) is 21.9. The van der Waals surface area contributed by atoms with E-state index in [1.54, 1.807) is 6.92 Å². The van der Waals surface area contributed by atoms with E-state index < -0.39 is 0 Å². The molecule has 0 atom stereocenters. The van der Waals surface area contributed by atoms with E-state index >= 15 is 0 Å². The van der Waals surface area contributed by atoms with Crippen LogP contribution in [0.1, 0.15) is 33.6 Å². The molecule has 0 aromatic heterocycles. The van der Waals surface area contributed by atoms with Gasteiger partial charge in [0, 0.05) is 12.0 Å². The zero-order valence-corrected chi connectivity index (χ0v) is 8.79. The highest BCUT2D eigenvalue weighted by molar-refractivity contribution is 5.94. The van der Waals surface area contributed by atoms with E-state index in [4.69, 9.17) is 9.84 Å². The zero-order valence-electron chi connectivity index (χ0n) is 8.79. The molecule has 0 aromatic carbocycles. The summed E-state index contributed by atoms with van der Waals surface area (Å²) < 4.78 is 4.70. The van der Waals surface area contributed by atoms with Crippen molar-refractivity contribution >= 4 is 11.8 Å². The SMILES string of the molecule is CCOC(=O)CC/C(C(C)=O)=C(/C)O. The van der Waals surface area contributed by atoms with Gasteiger partial charge in [0.2, 0.25) is 0 Å². The average Bonchev–Trinajstić information content (AvgIpc) is 2.03. The fourth-order valence-electron chi connectivity index (χ4n) is 1.07. The van der Waals surface area contributed by atoms with Gasteiger partial charge in [-0.3, -0.25) is 9.59 Å². The number of ketones is 1. The van der Waals surface area contributed by atoms with Crippen molar-refractivity contribution in [2.45, 2.75) is 33.6 Å². The Balaban J connectivity index is 4.16. The number of aliphatic hydroxyl groups excluding tert-OH is 1. The molecule has 0 heterocycles. The summed E-state index contributed by atoms with van der Waals surface area (Å²) in [5.74, 6) is -0.594. The summed E-state index contributed by atoms with van der Waals surface area (Å²) >= 11 is 0. The molecule has 0 rings (SSSR count). The Kier molecular flexibility index (Phi) is 5.60. The van der Waals surface area contributed by atoms with Crippen LogP contribution in [0.15, 0.2) is 11.3 Å². The number of ether oxygens (including phenoxy) is 1. The summed E-state index contributed by atoms with van der Waals surface area (Å²) in [5, 5.41) is 9.13. The number of allylic oxidation sites excluding steroid dienone is 2. The van der Waals surface area contributed by atoms with E-state index in [9.17, 15) is 9.59 Å². The molecule has 0 aliphatic heterocycles. The molecule has 0 saturated heterocycles. The second-order valence-electron chi connectivity index (χ2n) is 2.93. The zero-order chi connectivity index (χ0) is 11.1. The number of carbonyl (C=O) groups excluding carboxylic acids is 2. The molecule has 0 aromatic rings. The molecule has 0 unspecified atom stereocenters. The first-order valence-electron chi connectivity index (χ1n) is 4.54. The van der Waals surface area contributed by atoms with Crippen LogP contribution < -0.4 is 0 Å². The molecule has 0 saturated carbocycles. The number of hydrogen-bond acceptors (Lipinski definition) is 4. The molecular formula is C10H16O4. The number of hydrogen-bond donors (Lipinski definition) is 1. The van der Waals surface area contributed by atoms with Gasteiger partial charge in [0.1, 0.15) is 0 Å². The molecule has 1 N–H and O–H groups in total. The lowest BCUT2D eigenvalue weighted by Crippen LogP contribution is -2.07. The van der Waals surface area contributed by atoms with Crippen molar-refractivity contribution < 1.29 is 19.4 Å². The summed E-state index contributed by atoms with van der Waals surface area (Å²) in [7, 11) is 0. The van der Waals surface area contributed by atoms with Crippen LogP contribution in [0.25, 0.3) is 0 Å². The Morgan fingerprint density at radius 1 is 1.21 bits per heavy atom. The molecule has 0 aliphatic carbocycles. The minimum Gasteiger partial charge on any atom is -0.512 e. The van der Waals surface area contributed by atoms with Gasteiger partial charge in [-0.2, -0.15) is 0 Å². The van der Waals surface area contributed by atoms with Gasteiger partial charge in [0.15, 0.2) is 5.78 Å². The number of aliphatic hydroxyl groups is 1. The Labute approximate surface area is 83.6 Å². The van der Waals surface area contributed by atoms with Crippen molar-refractivity contribution in [1.29, 1.82) is 0 Å². The summed E-state index contributed by atoms with van der Waals surface area (Å²) in [5.41, 5.74) is 0.290.